The summed E-state index contributed by atoms with van der Waals surface area (Å²) in [5.41, 5.74) is 0. The maximum atomic E-state index is 13.7. The summed E-state index contributed by atoms with van der Waals surface area (Å²) in [6.45, 7) is 4.06. The van der Waals surface area contributed by atoms with Crippen molar-refractivity contribution in [3.8, 4) is 5.75 Å². The topological polar surface area (TPSA) is 85.2 Å². The van der Waals surface area contributed by atoms with Crippen molar-refractivity contribution in [3.05, 3.63) is 42.0 Å². The fourth-order valence-corrected chi connectivity index (χ4v) is 4.87. The molecule has 3 rings (SSSR count). The predicted molar refractivity (Wildman–Crippen MR) is 122 cm³/mol. The average Bonchev–Trinajstić information content (AvgIpc) is 2.94. The summed E-state index contributed by atoms with van der Waals surface area (Å²) in [6.07, 6.45) is 6.02. The second-order valence-corrected chi connectivity index (χ2v) is 9.63. The molecule has 1 aliphatic heterocycles. The van der Waals surface area contributed by atoms with Crippen LogP contribution in [0.25, 0.3) is 0 Å². The lowest BCUT2D eigenvalue weighted by Crippen LogP contribution is -2.22. The summed E-state index contributed by atoms with van der Waals surface area (Å²) in [5, 5.41) is 20.8. The molecule has 34 heavy (non-hydrogen) atoms. The Morgan fingerprint density at radius 1 is 1.29 bits per heavy atom. The monoisotopic (exact) mass is 482 g/mol. The number of ether oxygens (including phenoxy) is 3. The number of fused-ring (bicyclic) bond motifs is 1. The van der Waals surface area contributed by atoms with Gasteiger partial charge < -0.3 is 24.4 Å². The second kappa shape index (κ2) is 12.6. The van der Waals surface area contributed by atoms with Crippen LogP contribution in [0, 0.1) is 29.4 Å². The largest absolute Gasteiger partial charge is 0.487 e. The molecular weight excluding hydrogens is 446 g/mol. The lowest BCUT2D eigenvalue weighted by molar-refractivity contribution is -0.147. The molecule has 1 saturated carbocycles. The highest BCUT2D eigenvalue weighted by atomic mass is 19.1. The molecule has 0 radical (unpaired) electrons. The van der Waals surface area contributed by atoms with Gasteiger partial charge in [0.1, 0.15) is 18.5 Å². The minimum absolute atomic E-state index is 0.0460. The minimum atomic E-state index is -1.03. The van der Waals surface area contributed by atoms with Crippen LogP contribution in [0.15, 0.2) is 30.4 Å². The molecule has 2 fully saturated rings. The number of aliphatic hydroxyl groups is 2. The molecule has 6 nitrogen and oxygen atoms in total. The number of carbonyl (C=O) groups is 1. The van der Waals surface area contributed by atoms with E-state index in [-0.39, 0.29) is 42.4 Å². The summed E-state index contributed by atoms with van der Waals surface area (Å²) in [4.78, 5) is 11.7. The summed E-state index contributed by atoms with van der Waals surface area (Å²) in [6, 6.07) is 2.90. The van der Waals surface area contributed by atoms with Gasteiger partial charge >= 0.3 is 5.97 Å². The summed E-state index contributed by atoms with van der Waals surface area (Å²) >= 11 is 0. The van der Waals surface area contributed by atoms with Crippen molar-refractivity contribution in [2.75, 3.05) is 13.2 Å². The van der Waals surface area contributed by atoms with Crippen molar-refractivity contribution in [1.82, 2.24) is 0 Å². The van der Waals surface area contributed by atoms with Gasteiger partial charge in [-0.05, 0) is 63.5 Å². The Morgan fingerprint density at radius 3 is 2.85 bits per heavy atom. The lowest BCUT2D eigenvalue weighted by Gasteiger charge is -2.21. The lowest BCUT2D eigenvalue weighted by atomic mass is 9.86. The Balaban J connectivity index is 1.47. The molecule has 2 N–H and O–H groups in total. The van der Waals surface area contributed by atoms with Crippen molar-refractivity contribution in [2.45, 2.75) is 76.8 Å². The first-order valence-corrected chi connectivity index (χ1v) is 12.2. The van der Waals surface area contributed by atoms with Gasteiger partial charge in [-0.15, -0.1) is 0 Å². The van der Waals surface area contributed by atoms with Crippen LogP contribution in [0.5, 0.6) is 5.75 Å². The van der Waals surface area contributed by atoms with E-state index in [9.17, 15) is 23.8 Å². The molecule has 1 aromatic rings. The highest BCUT2D eigenvalue weighted by Crippen LogP contribution is 2.42. The van der Waals surface area contributed by atoms with Gasteiger partial charge in [0.05, 0.1) is 18.3 Å². The summed E-state index contributed by atoms with van der Waals surface area (Å²) in [5.74, 6) is -1.41. The van der Waals surface area contributed by atoms with Gasteiger partial charge in [-0.25, -0.2) is 8.78 Å². The van der Waals surface area contributed by atoms with Gasteiger partial charge in [0.15, 0.2) is 11.6 Å². The van der Waals surface area contributed by atoms with Crippen molar-refractivity contribution in [2.24, 2.45) is 17.8 Å². The first kappa shape index (κ1) is 26.6. The van der Waals surface area contributed by atoms with E-state index in [2.05, 4.69) is 0 Å². The number of hydrogen-bond donors (Lipinski definition) is 2. The Hall–Kier alpha value is -2.03. The van der Waals surface area contributed by atoms with Crippen LogP contribution >= 0.6 is 0 Å². The van der Waals surface area contributed by atoms with Crippen LogP contribution in [0.3, 0.4) is 0 Å². The van der Waals surface area contributed by atoms with Crippen LogP contribution in [-0.2, 0) is 14.3 Å². The van der Waals surface area contributed by atoms with Gasteiger partial charge in [0.2, 0.25) is 0 Å². The molecule has 1 aromatic carbocycles. The van der Waals surface area contributed by atoms with Crippen LogP contribution in [0.1, 0.15) is 52.4 Å². The number of rotatable bonds is 10. The minimum Gasteiger partial charge on any atom is -0.487 e. The van der Waals surface area contributed by atoms with E-state index in [0.717, 1.165) is 43.9 Å². The fourth-order valence-electron chi connectivity index (χ4n) is 4.87. The van der Waals surface area contributed by atoms with E-state index in [4.69, 9.17) is 14.2 Å². The third-order valence-electron chi connectivity index (χ3n) is 6.56. The smallest absolute Gasteiger partial charge is 0.306 e. The Bertz CT molecular complexity index is 830. The quantitative estimate of drug-likeness (QED) is 0.385. The zero-order valence-corrected chi connectivity index (χ0v) is 19.9. The van der Waals surface area contributed by atoms with Gasteiger partial charge in [0.25, 0.3) is 0 Å². The van der Waals surface area contributed by atoms with Crippen LogP contribution in [-0.4, -0.2) is 53.8 Å². The molecule has 0 amide bonds. The molecule has 6 atom stereocenters. The van der Waals surface area contributed by atoms with Gasteiger partial charge in [-0.3, -0.25) is 4.79 Å². The molecule has 1 heterocycles. The van der Waals surface area contributed by atoms with E-state index in [1.54, 1.807) is 6.08 Å². The molecule has 1 aliphatic carbocycles. The third-order valence-corrected chi connectivity index (χ3v) is 6.56. The van der Waals surface area contributed by atoms with Crippen molar-refractivity contribution in [1.29, 1.82) is 0 Å². The zero-order chi connectivity index (χ0) is 24.7. The Morgan fingerprint density at radius 2 is 2.09 bits per heavy atom. The maximum absolute atomic E-state index is 13.7. The molecule has 0 spiro atoms. The Labute approximate surface area is 199 Å². The van der Waals surface area contributed by atoms with Crippen molar-refractivity contribution in [3.63, 3.8) is 0 Å². The molecular formula is C26H36F2O6. The first-order valence-electron chi connectivity index (χ1n) is 12.2. The van der Waals surface area contributed by atoms with Gasteiger partial charge in [-0.1, -0.05) is 12.2 Å². The van der Waals surface area contributed by atoms with E-state index in [1.165, 1.54) is 6.08 Å². The molecule has 1 saturated heterocycles. The predicted octanol–water partition coefficient (Wildman–Crippen LogP) is 4.17. The van der Waals surface area contributed by atoms with E-state index >= 15 is 0 Å². The number of halogens is 2. The third kappa shape index (κ3) is 7.75. The average molecular weight is 483 g/mol. The normalized spacial score (nSPS) is 28.0. The molecule has 2 aliphatic rings. The number of aliphatic hydroxyl groups excluding tert-OH is 2. The van der Waals surface area contributed by atoms with E-state index in [0.29, 0.717) is 25.4 Å². The number of esters is 1. The highest BCUT2D eigenvalue weighted by molar-refractivity contribution is 5.69. The SMILES string of the molecule is CC(C)OC(=O)CCC[C@H]1CC[C@@H]2[C@@H](C=C[C@H](O)COc3cc(F)ccc3F)[C@H](O)C[C@@H]2OC1. The number of hydrogen-bond acceptors (Lipinski definition) is 6. The first-order chi connectivity index (χ1) is 16.2. The van der Waals surface area contributed by atoms with E-state index < -0.39 is 23.8 Å². The molecule has 190 valence electrons. The zero-order valence-electron chi connectivity index (χ0n) is 19.9. The second-order valence-electron chi connectivity index (χ2n) is 9.63. The summed E-state index contributed by atoms with van der Waals surface area (Å²) < 4.78 is 43.4. The van der Waals surface area contributed by atoms with Crippen LogP contribution in [0.4, 0.5) is 8.78 Å². The number of carbonyl (C=O) groups excluding carboxylic acids is 1. The Kier molecular flexibility index (Phi) is 9.85. The molecule has 0 aromatic heterocycles. The molecule has 8 heteroatoms. The van der Waals surface area contributed by atoms with Crippen molar-refractivity contribution < 1.29 is 38.0 Å². The number of benzene rings is 1. The standard InChI is InChI=1S/C26H36F2O6/c1-16(2)34-26(31)5-3-4-17-6-9-21-20(23(30)13-24(21)32-14-17)10-8-19(29)15-33-25-12-18(27)7-11-22(25)28/h7-8,10-12,16-17,19-21,23-24,29-30H,3-6,9,13-15H2,1-2H3/t17-,19-,20+,21+,23+,24-/m0/s1. The molecule has 0 bridgehead atoms. The van der Waals surface area contributed by atoms with Crippen LogP contribution < -0.4 is 4.74 Å². The highest BCUT2D eigenvalue weighted by Gasteiger charge is 2.43. The van der Waals surface area contributed by atoms with E-state index in [1.807, 2.05) is 13.8 Å². The van der Waals surface area contributed by atoms with Gasteiger partial charge in [-0.2, -0.15) is 0 Å². The van der Waals surface area contributed by atoms with Crippen LogP contribution in [0.2, 0.25) is 0 Å². The summed E-state index contributed by atoms with van der Waals surface area (Å²) in [7, 11) is 0. The fraction of sp³-hybridized carbons (Fsp3) is 0.654. The maximum Gasteiger partial charge on any atom is 0.306 e. The van der Waals surface area contributed by atoms with Gasteiger partial charge in [0, 0.05) is 31.4 Å². The van der Waals surface area contributed by atoms with Crippen molar-refractivity contribution >= 4 is 5.97 Å². The molecule has 0 unspecified atom stereocenters.